The SMILES string of the molecule is C[C@H](C(=O)NCc1ccc2c(c1)OCO2)n1cc(Br)cn1. The van der Waals surface area contributed by atoms with Gasteiger partial charge in [0.1, 0.15) is 6.04 Å². The lowest BCUT2D eigenvalue weighted by Crippen LogP contribution is -2.30. The van der Waals surface area contributed by atoms with Crippen LogP contribution in [-0.4, -0.2) is 22.5 Å². The van der Waals surface area contributed by atoms with E-state index in [-0.39, 0.29) is 18.7 Å². The van der Waals surface area contributed by atoms with E-state index in [4.69, 9.17) is 9.47 Å². The first-order chi connectivity index (χ1) is 10.1. The zero-order valence-electron chi connectivity index (χ0n) is 11.4. The molecule has 7 heteroatoms. The lowest BCUT2D eigenvalue weighted by Gasteiger charge is -2.12. The van der Waals surface area contributed by atoms with Gasteiger partial charge < -0.3 is 14.8 Å². The fourth-order valence-corrected chi connectivity index (χ4v) is 2.34. The Bertz CT molecular complexity index is 671. The molecule has 1 aromatic heterocycles. The number of halogens is 1. The van der Waals surface area contributed by atoms with Crippen molar-refractivity contribution in [2.75, 3.05) is 6.79 Å². The van der Waals surface area contributed by atoms with Crippen LogP contribution >= 0.6 is 15.9 Å². The maximum atomic E-state index is 12.1. The van der Waals surface area contributed by atoms with E-state index in [2.05, 4.69) is 26.3 Å². The third-order valence-electron chi connectivity index (χ3n) is 3.25. The van der Waals surface area contributed by atoms with Gasteiger partial charge in [-0.15, -0.1) is 0 Å². The summed E-state index contributed by atoms with van der Waals surface area (Å²) in [6.45, 7) is 2.48. The van der Waals surface area contributed by atoms with Crippen molar-refractivity contribution in [2.45, 2.75) is 19.5 Å². The number of carbonyl (C=O) groups is 1. The highest BCUT2D eigenvalue weighted by molar-refractivity contribution is 9.10. The number of hydrogen-bond acceptors (Lipinski definition) is 4. The van der Waals surface area contributed by atoms with Gasteiger partial charge in [-0.2, -0.15) is 5.10 Å². The summed E-state index contributed by atoms with van der Waals surface area (Å²) < 4.78 is 13.0. The Balaban J connectivity index is 1.60. The van der Waals surface area contributed by atoms with E-state index in [0.29, 0.717) is 12.3 Å². The average molecular weight is 352 g/mol. The quantitative estimate of drug-likeness (QED) is 0.917. The number of amides is 1. The summed E-state index contributed by atoms with van der Waals surface area (Å²) in [5.74, 6) is 1.36. The van der Waals surface area contributed by atoms with Crippen molar-refractivity contribution < 1.29 is 14.3 Å². The monoisotopic (exact) mass is 351 g/mol. The van der Waals surface area contributed by atoms with Crippen LogP contribution in [0.25, 0.3) is 0 Å². The van der Waals surface area contributed by atoms with Gasteiger partial charge in [-0.25, -0.2) is 0 Å². The first-order valence-electron chi connectivity index (χ1n) is 6.49. The van der Waals surface area contributed by atoms with Crippen molar-refractivity contribution in [3.05, 3.63) is 40.6 Å². The van der Waals surface area contributed by atoms with Crippen LogP contribution in [0.15, 0.2) is 35.1 Å². The van der Waals surface area contributed by atoms with Crippen molar-refractivity contribution >= 4 is 21.8 Å². The molecule has 1 N–H and O–H groups in total. The number of hydrogen-bond donors (Lipinski definition) is 1. The summed E-state index contributed by atoms with van der Waals surface area (Å²) in [6.07, 6.45) is 3.42. The molecule has 0 spiro atoms. The van der Waals surface area contributed by atoms with E-state index >= 15 is 0 Å². The predicted octanol–water partition coefficient (Wildman–Crippen LogP) is 2.25. The summed E-state index contributed by atoms with van der Waals surface area (Å²) in [7, 11) is 0. The molecule has 2 heterocycles. The molecule has 0 radical (unpaired) electrons. The summed E-state index contributed by atoms with van der Waals surface area (Å²) in [6, 6.07) is 5.25. The zero-order valence-corrected chi connectivity index (χ0v) is 13.0. The summed E-state index contributed by atoms with van der Waals surface area (Å²) in [5.41, 5.74) is 0.960. The average Bonchev–Trinajstić information content (AvgIpc) is 3.11. The van der Waals surface area contributed by atoms with Crippen LogP contribution in [0.1, 0.15) is 18.5 Å². The van der Waals surface area contributed by atoms with Crippen molar-refractivity contribution in [3.8, 4) is 11.5 Å². The van der Waals surface area contributed by atoms with Crippen molar-refractivity contribution in [1.29, 1.82) is 0 Å². The Hall–Kier alpha value is -2.02. The number of rotatable bonds is 4. The topological polar surface area (TPSA) is 65.4 Å². The number of ether oxygens (including phenoxy) is 2. The maximum Gasteiger partial charge on any atom is 0.244 e. The Morgan fingerprint density at radius 1 is 1.48 bits per heavy atom. The molecule has 2 aromatic rings. The number of fused-ring (bicyclic) bond motifs is 1. The minimum atomic E-state index is -0.370. The van der Waals surface area contributed by atoms with Gasteiger partial charge in [0.05, 0.1) is 10.7 Å². The summed E-state index contributed by atoms with van der Waals surface area (Å²) in [4.78, 5) is 12.1. The second-order valence-corrected chi connectivity index (χ2v) is 5.64. The van der Waals surface area contributed by atoms with Crippen LogP contribution < -0.4 is 14.8 Å². The molecule has 0 unspecified atom stereocenters. The molecule has 110 valence electrons. The Labute approximate surface area is 130 Å². The fraction of sp³-hybridized carbons (Fsp3) is 0.286. The van der Waals surface area contributed by atoms with Crippen LogP contribution in [0.5, 0.6) is 11.5 Å². The van der Waals surface area contributed by atoms with Crippen LogP contribution in [0.2, 0.25) is 0 Å². The first kappa shape index (κ1) is 13.9. The minimum absolute atomic E-state index is 0.0942. The highest BCUT2D eigenvalue weighted by atomic mass is 79.9. The first-order valence-corrected chi connectivity index (χ1v) is 7.28. The molecular weight excluding hydrogens is 338 g/mol. The van der Waals surface area contributed by atoms with Crippen LogP contribution in [0, 0.1) is 0 Å². The van der Waals surface area contributed by atoms with Crippen molar-refractivity contribution in [3.63, 3.8) is 0 Å². The zero-order chi connectivity index (χ0) is 14.8. The van der Waals surface area contributed by atoms with Crippen molar-refractivity contribution in [1.82, 2.24) is 15.1 Å². The van der Waals surface area contributed by atoms with Gasteiger partial charge in [0, 0.05) is 12.7 Å². The van der Waals surface area contributed by atoms with E-state index < -0.39 is 0 Å². The standard InChI is InChI=1S/C14H14BrN3O3/c1-9(18-7-11(15)6-17-18)14(19)16-5-10-2-3-12-13(4-10)21-8-20-12/h2-4,6-7,9H,5,8H2,1H3,(H,16,19)/t9-/m1/s1. The highest BCUT2D eigenvalue weighted by Gasteiger charge is 2.17. The fourth-order valence-electron chi connectivity index (χ4n) is 2.03. The Morgan fingerprint density at radius 2 is 2.29 bits per heavy atom. The van der Waals surface area contributed by atoms with E-state index in [1.807, 2.05) is 18.2 Å². The molecule has 21 heavy (non-hydrogen) atoms. The molecule has 1 amide bonds. The number of benzene rings is 1. The number of carbonyl (C=O) groups excluding carboxylic acids is 1. The van der Waals surface area contributed by atoms with E-state index in [1.54, 1.807) is 24.0 Å². The van der Waals surface area contributed by atoms with E-state index in [1.165, 1.54) is 0 Å². The third-order valence-corrected chi connectivity index (χ3v) is 3.66. The molecule has 0 saturated carbocycles. The van der Waals surface area contributed by atoms with Gasteiger partial charge in [0.15, 0.2) is 11.5 Å². The molecule has 6 nitrogen and oxygen atoms in total. The van der Waals surface area contributed by atoms with Crippen molar-refractivity contribution in [2.24, 2.45) is 0 Å². The molecule has 0 bridgehead atoms. The molecule has 1 aromatic carbocycles. The molecule has 1 atom stereocenters. The van der Waals surface area contributed by atoms with Crippen LogP contribution in [0.3, 0.4) is 0 Å². The number of nitrogens with zero attached hydrogens (tertiary/aromatic N) is 2. The van der Waals surface area contributed by atoms with Crippen LogP contribution in [0.4, 0.5) is 0 Å². The molecule has 0 aliphatic carbocycles. The molecule has 0 fully saturated rings. The molecule has 1 aliphatic rings. The minimum Gasteiger partial charge on any atom is -0.454 e. The number of aromatic nitrogens is 2. The van der Waals surface area contributed by atoms with Gasteiger partial charge in [0.2, 0.25) is 12.7 Å². The van der Waals surface area contributed by atoms with Gasteiger partial charge in [-0.1, -0.05) is 6.07 Å². The highest BCUT2D eigenvalue weighted by Crippen LogP contribution is 2.32. The predicted molar refractivity (Wildman–Crippen MR) is 79.0 cm³/mol. The molecular formula is C14H14BrN3O3. The maximum absolute atomic E-state index is 12.1. The van der Waals surface area contributed by atoms with Crippen LogP contribution in [-0.2, 0) is 11.3 Å². The normalized spacial score (nSPS) is 14.0. The van der Waals surface area contributed by atoms with Gasteiger partial charge in [-0.05, 0) is 40.5 Å². The third kappa shape index (κ3) is 3.02. The van der Waals surface area contributed by atoms with Gasteiger partial charge >= 0.3 is 0 Å². The molecule has 3 rings (SSSR count). The van der Waals surface area contributed by atoms with Gasteiger partial charge in [0.25, 0.3) is 0 Å². The Morgan fingerprint density at radius 3 is 3.05 bits per heavy atom. The summed E-state index contributed by atoms with van der Waals surface area (Å²) in [5, 5.41) is 7.00. The van der Waals surface area contributed by atoms with E-state index in [0.717, 1.165) is 15.8 Å². The molecule has 1 aliphatic heterocycles. The molecule has 0 saturated heterocycles. The largest absolute Gasteiger partial charge is 0.454 e. The smallest absolute Gasteiger partial charge is 0.244 e. The lowest BCUT2D eigenvalue weighted by atomic mass is 10.2. The Kier molecular flexibility index (Phi) is 3.83. The number of nitrogens with one attached hydrogen (secondary N) is 1. The van der Waals surface area contributed by atoms with E-state index in [9.17, 15) is 4.79 Å². The van der Waals surface area contributed by atoms with Gasteiger partial charge in [-0.3, -0.25) is 9.48 Å². The summed E-state index contributed by atoms with van der Waals surface area (Å²) >= 11 is 3.31. The second-order valence-electron chi connectivity index (χ2n) is 4.72. The second kappa shape index (κ2) is 5.77. The lowest BCUT2D eigenvalue weighted by molar-refractivity contribution is -0.124.